The van der Waals surface area contributed by atoms with Crippen LogP contribution in [0, 0.1) is 12.8 Å². The number of rotatable bonds is 7. The second-order valence-corrected chi connectivity index (χ2v) is 5.05. The molecular formula is C14H26N2O. The van der Waals surface area contributed by atoms with E-state index in [0.717, 1.165) is 24.0 Å². The number of nitrogens with one attached hydrogen (secondary N) is 1. The van der Waals surface area contributed by atoms with Gasteiger partial charge in [-0.1, -0.05) is 27.2 Å². The van der Waals surface area contributed by atoms with Crippen LogP contribution in [0.3, 0.4) is 0 Å². The fourth-order valence-electron chi connectivity index (χ4n) is 2.00. The number of aryl methyl sites for hydroxylation is 1. The molecule has 0 saturated heterocycles. The van der Waals surface area contributed by atoms with Crippen molar-refractivity contribution < 1.29 is 4.42 Å². The van der Waals surface area contributed by atoms with E-state index in [4.69, 9.17) is 4.42 Å². The highest BCUT2D eigenvalue weighted by molar-refractivity contribution is 4.95. The molecule has 1 aromatic heterocycles. The lowest BCUT2D eigenvalue weighted by atomic mass is 9.97. The third-order valence-electron chi connectivity index (χ3n) is 3.37. The van der Waals surface area contributed by atoms with Gasteiger partial charge in [-0.2, -0.15) is 0 Å². The molecule has 98 valence electrons. The zero-order chi connectivity index (χ0) is 12.8. The first-order chi connectivity index (χ1) is 8.06. The molecule has 1 aromatic rings. The zero-order valence-corrected chi connectivity index (χ0v) is 11.8. The number of nitrogens with zero attached hydrogens (tertiary/aromatic N) is 1. The van der Waals surface area contributed by atoms with Gasteiger partial charge in [-0.25, -0.2) is 4.98 Å². The van der Waals surface area contributed by atoms with E-state index in [0.29, 0.717) is 6.04 Å². The van der Waals surface area contributed by atoms with Crippen molar-refractivity contribution in [3.05, 3.63) is 17.8 Å². The molecule has 0 aliphatic carbocycles. The highest BCUT2D eigenvalue weighted by atomic mass is 16.4. The third kappa shape index (κ3) is 4.50. The van der Waals surface area contributed by atoms with Gasteiger partial charge in [-0.05, 0) is 32.6 Å². The summed E-state index contributed by atoms with van der Waals surface area (Å²) in [6.07, 6.45) is 5.39. The van der Waals surface area contributed by atoms with Crippen LogP contribution < -0.4 is 5.32 Å². The van der Waals surface area contributed by atoms with Crippen molar-refractivity contribution in [1.29, 1.82) is 0 Å². The van der Waals surface area contributed by atoms with Crippen molar-refractivity contribution in [2.45, 2.75) is 66.0 Å². The van der Waals surface area contributed by atoms with Gasteiger partial charge in [0, 0.05) is 6.04 Å². The smallest absolute Gasteiger partial charge is 0.211 e. The second-order valence-electron chi connectivity index (χ2n) is 5.05. The molecule has 1 N–H and O–H groups in total. The van der Waals surface area contributed by atoms with E-state index in [-0.39, 0.29) is 6.04 Å². The van der Waals surface area contributed by atoms with Crippen molar-refractivity contribution in [3.8, 4) is 0 Å². The Bertz CT molecular complexity index is 322. The van der Waals surface area contributed by atoms with Crippen LogP contribution in [-0.4, -0.2) is 11.0 Å². The van der Waals surface area contributed by atoms with E-state index in [1.54, 1.807) is 6.20 Å². The predicted octanol–water partition coefficient (Wildman–Crippen LogP) is 3.85. The van der Waals surface area contributed by atoms with Crippen molar-refractivity contribution >= 4 is 0 Å². The molecule has 1 heterocycles. The summed E-state index contributed by atoms with van der Waals surface area (Å²) in [5.41, 5.74) is 0. The van der Waals surface area contributed by atoms with Crippen LogP contribution in [0.15, 0.2) is 10.6 Å². The minimum atomic E-state index is 0.192. The van der Waals surface area contributed by atoms with E-state index in [2.05, 4.69) is 38.0 Å². The van der Waals surface area contributed by atoms with Crippen LogP contribution in [0.4, 0.5) is 0 Å². The van der Waals surface area contributed by atoms with Gasteiger partial charge in [-0.3, -0.25) is 0 Å². The second kappa shape index (κ2) is 6.80. The normalized spacial score (nSPS) is 16.8. The first kappa shape index (κ1) is 14.2. The Morgan fingerprint density at radius 3 is 2.47 bits per heavy atom. The molecule has 3 heteroatoms. The van der Waals surface area contributed by atoms with E-state index in [9.17, 15) is 0 Å². The standard InChI is InChI=1S/C14H26N2O/c1-6-10(3)8-13(7-2)16-12(5)14-15-9-11(4)17-14/h9-10,12-13,16H,6-8H2,1-5H3. The van der Waals surface area contributed by atoms with Crippen molar-refractivity contribution in [3.63, 3.8) is 0 Å². The van der Waals surface area contributed by atoms with Crippen LogP contribution in [0.25, 0.3) is 0 Å². The Balaban J connectivity index is 2.50. The Morgan fingerprint density at radius 2 is 2.00 bits per heavy atom. The fourth-order valence-corrected chi connectivity index (χ4v) is 2.00. The van der Waals surface area contributed by atoms with Gasteiger partial charge in [-0.15, -0.1) is 0 Å². The summed E-state index contributed by atoms with van der Waals surface area (Å²) in [7, 11) is 0. The van der Waals surface area contributed by atoms with E-state index in [1.165, 1.54) is 12.8 Å². The Labute approximate surface area is 105 Å². The van der Waals surface area contributed by atoms with Gasteiger partial charge >= 0.3 is 0 Å². The maximum atomic E-state index is 5.55. The summed E-state index contributed by atoms with van der Waals surface area (Å²) in [5, 5.41) is 3.61. The number of aromatic nitrogens is 1. The maximum Gasteiger partial charge on any atom is 0.211 e. The summed E-state index contributed by atoms with van der Waals surface area (Å²) >= 11 is 0. The molecule has 0 bridgehead atoms. The predicted molar refractivity (Wildman–Crippen MR) is 70.9 cm³/mol. The first-order valence-corrected chi connectivity index (χ1v) is 6.75. The minimum Gasteiger partial charge on any atom is -0.444 e. The molecule has 1 rings (SSSR count). The minimum absolute atomic E-state index is 0.192. The SMILES string of the molecule is CCC(C)CC(CC)NC(C)c1ncc(C)o1. The molecule has 0 aromatic carbocycles. The molecule has 0 aliphatic rings. The summed E-state index contributed by atoms with van der Waals surface area (Å²) in [5.74, 6) is 2.44. The Hall–Kier alpha value is -0.830. The van der Waals surface area contributed by atoms with Gasteiger partial charge in [0.1, 0.15) is 5.76 Å². The summed E-state index contributed by atoms with van der Waals surface area (Å²) < 4.78 is 5.55. The van der Waals surface area contributed by atoms with Gasteiger partial charge < -0.3 is 9.73 Å². The van der Waals surface area contributed by atoms with E-state index < -0.39 is 0 Å². The molecular weight excluding hydrogens is 212 g/mol. The zero-order valence-electron chi connectivity index (χ0n) is 11.8. The maximum absolute atomic E-state index is 5.55. The molecule has 0 spiro atoms. The van der Waals surface area contributed by atoms with Crippen molar-refractivity contribution in [2.75, 3.05) is 0 Å². The van der Waals surface area contributed by atoms with E-state index >= 15 is 0 Å². The average Bonchev–Trinajstić information content (AvgIpc) is 2.74. The van der Waals surface area contributed by atoms with Gasteiger partial charge in [0.2, 0.25) is 5.89 Å². The van der Waals surface area contributed by atoms with Crippen LogP contribution in [0.1, 0.15) is 64.7 Å². The molecule has 0 amide bonds. The topological polar surface area (TPSA) is 38.1 Å². The quantitative estimate of drug-likeness (QED) is 0.784. The molecule has 0 fully saturated rings. The molecule has 0 aliphatic heterocycles. The molecule has 3 unspecified atom stereocenters. The van der Waals surface area contributed by atoms with Crippen LogP contribution in [0.5, 0.6) is 0 Å². The summed E-state index contributed by atoms with van der Waals surface area (Å²) in [6, 6.07) is 0.741. The van der Waals surface area contributed by atoms with E-state index in [1.807, 2.05) is 6.92 Å². The van der Waals surface area contributed by atoms with Gasteiger partial charge in [0.05, 0.1) is 12.2 Å². The third-order valence-corrected chi connectivity index (χ3v) is 3.37. The van der Waals surface area contributed by atoms with Crippen molar-refractivity contribution in [2.24, 2.45) is 5.92 Å². The first-order valence-electron chi connectivity index (χ1n) is 6.75. The van der Waals surface area contributed by atoms with Crippen LogP contribution in [-0.2, 0) is 0 Å². The molecule has 0 radical (unpaired) electrons. The Kier molecular flexibility index (Phi) is 5.69. The lowest BCUT2D eigenvalue weighted by Gasteiger charge is -2.23. The number of hydrogen-bond donors (Lipinski definition) is 1. The number of oxazole rings is 1. The molecule has 3 nitrogen and oxygen atoms in total. The van der Waals surface area contributed by atoms with Crippen LogP contribution >= 0.6 is 0 Å². The molecule has 3 atom stereocenters. The average molecular weight is 238 g/mol. The molecule has 0 saturated carbocycles. The fraction of sp³-hybridized carbons (Fsp3) is 0.786. The highest BCUT2D eigenvalue weighted by Crippen LogP contribution is 2.17. The lowest BCUT2D eigenvalue weighted by molar-refractivity contribution is 0.324. The van der Waals surface area contributed by atoms with Gasteiger partial charge in [0.15, 0.2) is 0 Å². The largest absolute Gasteiger partial charge is 0.444 e. The highest BCUT2D eigenvalue weighted by Gasteiger charge is 2.17. The summed E-state index contributed by atoms with van der Waals surface area (Å²) in [4.78, 5) is 4.27. The van der Waals surface area contributed by atoms with Crippen LogP contribution in [0.2, 0.25) is 0 Å². The molecule has 17 heavy (non-hydrogen) atoms. The number of hydrogen-bond acceptors (Lipinski definition) is 3. The monoisotopic (exact) mass is 238 g/mol. The summed E-state index contributed by atoms with van der Waals surface area (Å²) in [6.45, 7) is 10.8. The lowest BCUT2D eigenvalue weighted by Crippen LogP contribution is -2.32. The van der Waals surface area contributed by atoms with Crippen molar-refractivity contribution in [1.82, 2.24) is 10.3 Å². The Morgan fingerprint density at radius 1 is 1.29 bits per heavy atom. The van der Waals surface area contributed by atoms with Gasteiger partial charge in [0.25, 0.3) is 0 Å².